The second-order valence-electron chi connectivity index (χ2n) is 5.97. The Morgan fingerprint density at radius 1 is 1.26 bits per heavy atom. The zero-order valence-electron chi connectivity index (χ0n) is 12.9. The third kappa shape index (κ3) is 4.06. The van der Waals surface area contributed by atoms with E-state index in [0.717, 1.165) is 11.3 Å². The standard InChI is InChI=1S/C13H14N4O3.C3H6/c18-11(4-3-9-12(19)16-13(20)15-9)17-6-8-2-1-5-14-10(8)7-17;1-2-3-1/h1-2,5,9H,3-4,6-7H2,(H2,15,16,19,20);1-3H2. The van der Waals surface area contributed by atoms with Gasteiger partial charge in [0.1, 0.15) is 6.04 Å². The second kappa shape index (κ2) is 6.76. The molecule has 4 amide bonds. The lowest BCUT2D eigenvalue weighted by Crippen LogP contribution is -2.32. The molecule has 3 aliphatic rings. The number of hydrogen-bond acceptors (Lipinski definition) is 4. The van der Waals surface area contributed by atoms with Crippen LogP contribution in [-0.2, 0) is 22.7 Å². The molecule has 122 valence electrons. The van der Waals surface area contributed by atoms with Crippen LogP contribution in [0.15, 0.2) is 18.3 Å². The fraction of sp³-hybridized carbons (Fsp3) is 0.500. The Morgan fingerprint density at radius 3 is 2.65 bits per heavy atom. The molecule has 2 fully saturated rings. The summed E-state index contributed by atoms with van der Waals surface area (Å²) in [5.74, 6) is -0.397. The first-order chi connectivity index (χ1) is 11.1. The highest BCUT2D eigenvalue weighted by Gasteiger charge is 2.31. The van der Waals surface area contributed by atoms with Crippen molar-refractivity contribution in [2.24, 2.45) is 0 Å². The highest BCUT2D eigenvalue weighted by Crippen LogP contribution is 2.21. The maximum atomic E-state index is 12.1. The van der Waals surface area contributed by atoms with Gasteiger partial charge in [0.25, 0.3) is 5.91 Å². The lowest BCUT2D eigenvalue weighted by atomic mass is 10.1. The topological polar surface area (TPSA) is 91.4 Å². The highest BCUT2D eigenvalue weighted by atomic mass is 16.2. The number of amides is 4. The predicted octanol–water partition coefficient (Wildman–Crippen LogP) is 1.08. The molecule has 4 rings (SSSR count). The van der Waals surface area contributed by atoms with E-state index in [4.69, 9.17) is 0 Å². The van der Waals surface area contributed by atoms with Gasteiger partial charge in [-0.2, -0.15) is 0 Å². The van der Waals surface area contributed by atoms with Crippen molar-refractivity contribution in [1.82, 2.24) is 20.5 Å². The number of carbonyl (C=O) groups excluding carboxylic acids is 3. The molecular formula is C16H20N4O3. The van der Waals surface area contributed by atoms with E-state index in [1.165, 1.54) is 19.3 Å². The monoisotopic (exact) mass is 316 g/mol. The summed E-state index contributed by atoms with van der Waals surface area (Å²) in [7, 11) is 0. The summed E-state index contributed by atoms with van der Waals surface area (Å²) in [5.41, 5.74) is 1.99. The molecule has 1 aromatic heterocycles. The quantitative estimate of drug-likeness (QED) is 0.816. The van der Waals surface area contributed by atoms with Crippen LogP contribution in [0, 0.1) is 0 Å². The number of fused-ring (bicyclic) bond motifs is 1. The van der Waals surface area contributed by atoms with Gasteiger partial charge in [-0.05, 0) is 18.1 Å². The van der Waals surface area contributed by atoms with E-state index in [1.54, 1.807) is 11.1 Å². The van der Waals surface area contributed by atoms with Crippen LogP contribution in [0.1, 0.15) is 43.4 Å². The van der Waals surface area contributed by atoms with Crippen LogP contribution in [-0.4, -0.2) is 33.8 Å². The van der Waals surface area contributed by atoms with E-state index in [-0.39, 0.29) is 18.2 Å². The summed E-state index contributed by atoms with van der Waals surface area (Å²) in [5, 5.41) is 4.63. The number of urea groups is 1. The number of hydrogen-bond donors (Lipinski definition) is 2. The summed E-state index contributed by atoms with van der Waals surface area (Å²) >= 11 is 0. The summed E-state index contributed by atoms with van der Waals surface area (Å²) in [6, 6.07) is 2.71. The van der Waals surface area contributed by atoms with Crippen molar-refractivity contribution < 1.29 is 14.4 Å². The van der Waals surface area contributed by atoms with Gasteiger partial charge in [0, 0.05) is 19.2 Å². The van der Waals surface area contributed by atoms with Crippen molar-refractivity contribution >= 4 is 17.8 Å². The molecule has 1 aromatic rings. The van der Waals surface area contributed by atoms with Gasteiger partial charge in [0.05, 0.1) is 12.2 Å². The predicted molar refractivity (Wildman–Crippen MR) is 82.0 cm³/mol. The molecule has 1 unspecified atom stereocenters. The Balaban J connectivity index is 0.000000468. The number of carbonyl (C=O) groups is 3. The third-order valence-electron chi connectivity index (χ3n) is 3.90. The molecule has 7 nitrogen and oxygen atoms in total. The van der Waals surface area contributed by atoms with Crippen LogP contribution in [0.4, 0.5) is 4.79 Å². The molecule has 1 atom stereocenters. The Bertz CT molecular complexity index is 602. The SMILES string of the molecule is C1CC1.O=C1NC(=O)C(CCC(=O)N2Cc3cccnc3C2)N1. The fourth-order valence-corrected chi connectivity index (χ4v) is 2.46. The molecule has 2 aliphatic heterocycles. The molecule has 0 spiro atoms. The summed E-state index contributed by atoms with van der Waals surface area (Å²) < 4.78 is 0. The van der Waals surface area contributed by atoms with Crippen LogP contribution in [0.2, 0.25) is 0 Å². The normalized spacial score (nSPS) is 21.0. The third-order valence-corrected chi connectivity index (χ3v) is 3.90. The fourth-order valence-electron chi connectivity index (χ4n) is 2.46. The van der Waals surface area contributed by atoms with Crippen LogP contribution in [0.25, 0.3) is 0 Å². The van der Waals surface area contributed by atoms with Crippen LogP contribution in [0.5, 0.6) is 0 Å². The number of pyridine rings is 1. The van der Waals surface area contributed by atoms with Crippen molar-refractivity contribution in [2.75, 3.05) is 0 Å². The summed E-state index contributed by atoms with van der Waals surface area (Å²) in [4.78, 5) is 40.4. The van der Waals surface area contributed by atoms with Gasteiger partial charge >= 0.3 is 6.03 Å². The zero-order chi connectivity index (χ0) is 16.2. The Kier molecular flexibility index (Phi) is 4.55. The molecule has 1 saturated heterocycles. The molecular weight excluding hydrogens is 296 g/mol. The summed E-state index contributed by atoms with van der Waals surface area (Å²) in [6.45, 7) is 1.07. The lowest BCUT2D eigenvalue weighted by molar-refractivity contribution is -0.132. The maximum absolute atomic E-state index is 12.1. The smallest absolute Gasteiger partial charge is 0.322 e. The van der Waals surface area contributed by atoms with Crippen LogP contribution >= 0.6 is 0 Å². The molecule has 7 heteroatoms. The van der Waals surface area contributed by atoms with E-state index in [0.29, 0.717) is 19.5 Å². The van der Waals surface area contributed by atoms with Gasteiger partial charge in [-0.15, -0.1) is 0 Å². The van der Waals surface area contributed by atoms with Crippen molar-refractivity contribution in [3.05, 3.63) is 29.6 Å². The van der Waals surface area contributed by atoms with Gasteiger partial charge in [-0.25, -0.2) is 4.79 Å². The average Bonchev–Trinajstić information content (AvgIpc) is 3.30. The molecule has 23 heavy (non-hydrogen) atoms. The van der Waals surface area contributed by atoms with E-state index in [9.17, 15) is 14.4 Å². The largest absolute Gasteiger partial charge is 0.332 e. The molecule has 3 heterocycles. The molecule has 0 bridgehead atoms. The van der Waals surface area contributed by atoms with Gasteiger partial charge in [-0.1, -0.05) is 25.3 Å². The molecule has 2 N–H and O–H groups in total. The number of aromatic nitrogens is 1. The van der Waals surface area contributed by atoms with Crippen LogP contribution < -0.4 is 10.6 Å². The molecule has 0 radical (unpaired) electrons. The van der Waals surface area contributed by atoms with Gasteiger partial charge < -0.3 is 10.2 Å². The van der Waals surface area contributed by atoms with Crippen molar-refractivity contribution in [3.63, 3.8) is 0 Å². The van der Waals surface area contributed by atoms with Crippen LogP contribution in [0.3, 0.4) is 0 Å². The Labute approximate surface area is 134 Å². The minimum absolute atomic E-state index is 0.0306. The highest BCUT2D eigenvalue weighted by molar-refractivity contribution is 6.04. The number of nitrogens with zero attached hydrogens (tertiary/aromatic N) is 2. The number of nitrogens with one attached hydrogen (secondary N) is 2. The molecule has 1 saturated carbocycles. The van der Waals surface area contributed by atoms with Crippen molar-refractivity contribution in [2.45, 2.75) is 51.2 Å². The second-order valence-corrected chi connectivity index (χ2v) is 5.97. The van der Waals surface area contributed by atoms with Crippen molar-refractivity contribution in [3.8, 4) is 0 Å². The summed E-state index contributed by atoms with van der Waals surface area (Å²) in [6.07, 6.45) is 6.76. The minimum atomic E-state index is -0.602. The average molecular weight is 316 g/mol. The van der Waals surface area contributed by atoms with E-state index in [2.05, 4.69) is 15.6 Å². The lowest BCUT2D eigenvalue weighted by Gasteiger charge is -2.15. The number of rotatable bonds is 3. The van der Waals surface area contributed by atoms with E-state index >= 15 is 0 Å². The first-order valence-electron chi connectivity index (χ1n) is 7.95. The maximum Gasteiger partial charge on any atom is 0.322 e. The number of imide groups is 1. The molecule has 0 aromatic carbocycles. The Hall–Kier alpha value is -2.44. The zero-order valence-corrected chi connectivity index (χ0v) is 12.9. The first-order valence-corrected chi connectivity index (χ1v) is 7.95. The van der Waals surface area contributed by atoms with Crippen molar-refractivity contribution in [1.29, 1.82) is 0 Å². The minimum Gasteiger partial charge on any atom is -0.332 e. The molecule has 1 aliphatic carbocycles. The van der Waals surface area contributed by atoms with Gasteiger partial charge in [0.15, 0.2) is 0 Å². The van der Waals surface area contributed by atoms with Gasteiger partial charge in [-0.3, -0.25) is 19.9 Å². The van der Waals surface area contributed by atoms with E-state index < -0.39 is 12.1 Å². The first kappa shape index (κ1) is 15.5. The Morgan fingerprint density at radius 2 is 2.04 bits per heavy atom. The van der Waals surface area contributed by atoms with E-state index in [1.807, 2.05) is 12.1 Å². The van der Waals surface area contributed by atoms with Gasteiger partial charge in [0.2, 0.25) is 5.91 Å².